The fourth-order valence-electron chi connectivity index (χ4n) is 3.70. The Labute approximate surface area is 176 Å². The number of halogens is 2. The molecule has 0 radical (unpaired) electrons. The maximum absolute atomic E-state index is 13.2. The summed E-state index contributed by atoms with van der Waals surface area (Å²) in [5.74, 6) is -0.291. The number of amides is 2. The van der Waals surface area contributed by atoms with Crippen molar-refractivity contribution in [1.82, 2.24) is 10.2 Å². The minimum Gasteiger partial charge on any atom is -0.349 e. The van der Waals surface area contributed by atoms with Crippen molar-refractivity contribution in [3.63, 3.8) is 0 Å². The van der Waals surface area contributed by atoms with Gasteiger partial charge in [0.15, 0.2) is 0 Å². The highest BCUT2D eigenvalue weighted by molar-refractivity contribution is 6.30. The molecule has 1 atom stereocenters. The molecule has 1 saturated heterocycles. The number of benzene rings is 2. The van der Waals surface area contributed by atoms with Gasteiger partial charge in [-0.15, -0.1) is 0 Å². The minimum absolute atomic E-state index is 0.00776. The Balaban J connectivity index is 1.58. The van der Waals surface area contributed by atoms with Crippen LogP contribution in [-0.2, 0) is 4.79 Å². The Morgan fingerprint density at radius 2 is 1.62 bits per heavy atom. The predicted octanol–water partition coefficient (Wildman–Crippen LogP) is 4.84. The molecule has 0 aliphatic carbocycles. The topological polar surface area (TPSA) is 49.4 Å². The van der Waals surface area contributed by atoms with Crippen LogP contribution in [0.2, 0.25) is 5.02 Å². The molecular weight excluding hydrogens is 391 g/mol. The first-order valence-corrected chi connectivity index (χ1v) is 10.3. The van der Waals surface area contributed by atoms with Gasteiger partial charge in [0.05, 0.1) is 6.04 Å². The van der Waals surface area contributed by atoms with E-state index in [1.165, 1.54) is 12.1 Å². The van der Waals surface area contributed by atoms with Crippen molar-refractivity contribution in [1.29, 1.82) is 0 Å². The van der Waals surface area contributed by atoms with Gasteiger partial charge in [-0.05, 0) is 60.7 Å². The average molecular weight is 417 g/mol. The molecule has 29 heavy (non-hydrogen) atoms. The molecule has 1 aliphatic heterocycles. The maximum Gasteiger partial charge on any atom is 0.253 e. The van der Waals surface area contributed by atoms with Gasteiger partial charge >= 0.3 is 0 Å². The van der Waals surface area contributed by atoms with Crippen LogP contribution >= 0.6 is 11.6 Å². The summed E-state index contributed by atoms with van der Waals surface area (Å²) in [6.07, 6.45) is 1.25. The van der Waals surface area contributed by atoms with Gasteiger partial charge in [-0.25, -0.2) is 4.39 Å². The molecule has 6 heteroatoms. The lowest BCUT2D eigenvalue weighted by atomic mass is 9.92. The van der Waals surface area contributed by atoms with Crippen molar-refractivity contribution < 1.29 is 14.0 Å². The van der Waals surface area contributed by atoms with E-state index in [1.54, 1.807) is 41.3 Å². The largest absolute Gasteiger partial charge is 0.349 e. The van der Waals surface area contributed by atoms with Crippen LogP contribution in [0.4, 0.5) is 4.39 Å². The van der Waals surface area contributed by atoms with E-state index < -0.39 is 0 Å². The first-order valence-electron chi connectivity index (χ1n) is 9.96. The van der Waals surface area contributed by atoms with E-state index in [2.05, 4.69) is 5.32 Å². The van der Waals surface area contributed by atoms with Gasteiger partial charge in [-0.3, -0.25) is 9.59 Å². The first kappa shape index (κ1) is 21.3. The third kappa shape index (κ3) is 5.36. The molecule has 0 spiro atoms. The van der Waals surface area contributed by atoms with Crippen LogP contribution in [0.3, 0.4) is 0 Å². The fourth-order valence-corrected chi connectivity index (χ4v) is 3.82. The van der Waals surface area contributed by atoms with Crippen molar-refractivity contribution in [2.45, 2.75) is 32.7 Å². The van der Waals surface area contributed by atoms with E-state index in [0.717, 1.165) is 5.56 Å². The molecule has 0 saturated carbocycles. The van der Waals surface area contributed by atoms with Gasteiger partial charge in [0.25, 0.3) is 5.91 Å². The normalized spacial score (nSPS) is 16.0. The van der Waals surface area contributed by atoms with E-state index in [-0.39, 0.29) is 35.5 Å². The quantitative estimate of drug-likeness (QED) is 0.757. The van der Waals surface area contributed by atoms with Crippen LogP contribution in [0.5, 0.6) is 0 Å². The van der Waals surface area contributed by atoms with Gasteiger partial charge in [0.1, 0.15) is 5.82 Å². The zero-order valence-corrected chi connectivity index (χ0v) is 17.5. The number of rotatable bonds is 5. The summed E-state index contributed by atoms with van der Waals surface area (Å²) in [6.45, 7) is 5.15. The van der Waals surface area contributed by atoms with E-state index in [1.807, 2.05) is 13.8 Å². The van der Waals surface area contributed by atoms with E-state index in [4.69, 9.17) is 11.6 Å². The summed E-state index contributed by atoms with van der Waals surface area (Å²) >= 11 is 5.88. The number of carbonyl (C=O) groups is 2. The molecule has 1 heterocycles. The van der Waals surface area contributed by atoms with Gasteiger partial charge in [-0.2, -0.15) is 0 Å². The van der Waals surface area contributed by atoms with Gasteiger partial charge < -0.3 is 10.2 Å². The molecule has 1 fully saturated rings. The van der Waals surface area contributed by atoms with Crippen LogP contribution in [0.15, 0.2) is 48.5 Å². The second kappa shape index (κ2) is 9.40. The second-order valence-corrected chi connectivity index (χ2v) is 8.29. The highest BCUT2D eigenvalue weighted by Crippen LogP contribution is 2.25. The predicted molar refractivity (Wildman–Crippen MR) is 112 cm³/mol. The number of nitrogens with one attached hydrogen (secondary N) is 1. The van der Waals surface area contributed by atoms with E-state index in [9.17, 15) is 14.0 Å². The lowest BCUT2D eigenvalue weighted by molar-refractivity contribution is -0.127. The van der Waals surface area contributed by atoms with Crippen molar-refractivity contribution in [2.24, 2.45) is 11.8 Å². The number of likely N-dealkylation sites (tertiary alicyclic amines) is 1. The van der Waals surface area contributed by atoms with Crippen molar-refractivity contribution in [3.8, 4) is 0 Å². The molecule has 2 aromatic rings. The average Bonchev–Trinajstić information content (AvgIpc) is 2.72. The summed E-state index contributed by atoms with van der Waals surface area (Å²) < 4.78 is 13.2. The second-order valence-electron chi connectivity index (χ2n) is 7.86. The van der Waals surface area contributed by atoms with Crippen LogP contribution in [0.1, 0.15) is 48.7 Å². The molecule has 2 amide bonds. The van der Waals surface area contributed by atoms with Crippen LogP contribution in [0, 0.1) is 17.7 Å². The summed E-state index contributed by atoms with van der Waals surface area (Å²) in [5, 5.41) is 3.72. The van der Waals surface area contributed by atoms with E-state index in [0.29, 0.717) is 36.5 Å². The molecule has 0 bridgehead atoms. The van der Waals surface area contributed by atoms with Gasteiger partial charge in [-0.1, -0.05) is 37.6 Å². The number of hydrogen-bond acceptors (Lipinski definition) is 2. The molecule has 1 N–H and O–H groups in total. The van der Waals surface area contributed by atoms with E-state index >= 15 is 0 Å². The molecular formula is C23H26ClFN2O2. The third-order valence-corrected chi connectivity index (χ3v) is 5.69. The number of carbonyl (C=O) groups excluding carboxylic acids is 2. The Bertz CT molecular complexity index is 844. The first-order chi connectivity index (χ1) is 13.8. The third-order valence-electron chi connectivity index (χ3n) is 5.44. The molecule has 2 aromatic carbocycles. The summed E-state index contributed by atoms with van der Waals surface area (Å²) in [5.41, 5.74) is 1.50. The number of hydrogen-bond donors (Lipinski definition) is 1. The van der Waals surface area contributed by atoms with Gasteiger partial charge in [0.2, 0.25) is 5.91 Å². The molecule has 4 nitrogen and oxygen atoms in total. The molecule has 1 unspecified atom stereocenters. The number of nitrogens with zero attached hydrogens (tertiary/aromatic N) is 1. The maximum atomic E-state index is 13.2. The lowest BCUT2D eigenvalue weighted by Crippen LogP contribution is -2.44. The highest BCUT2D eigenvalue weighted by atomic mass is 35.5. The molecule has 1 aliphatic rings. The highest BCUT2D eigenvalue weighted by Gasteiger charge is 2.29. The SMILES string of the molecule is CC(C)C(NC(=O)C1CCN(C(=O)c2ccc(Cl)cc2)CC1)c1ccc(F)cc1. The monoisotopic (exact) mass is 416 g/mol. The van der Waals surface area contributed by atoms with Crippen molar-refractivity contribution in [3.05, 3.63) is 70.5 Å². The van der Waals surface area contributed by atoms with Crippen molar-refractivity contribution in [2.75, 3.05) is 13.1 Å². The lowest BCUT2D eigenvalue weighted by Gasteiger charge is -2.33. The molecule has 154 valence electrons. The fraction of sp³-hybridized carbons (Fsp3) is 0.391. The van der Waals surface area contributed by atoms with Crippen LogP contribution < -0.4 is 5.32 Å². The minimum atomic E-state index is -0.291. The van der Waals surface area contributed by atoms with Gasteiger partial charge in [0, 0.05) is 29.6 Å². The van der Waals surface area contributed by atoms with Crippen LogP contribution in [-0.4, -0.2) is 29.8 Å². The Morgan fingerprint density at radius 3 is 2.17 bits per heavy atom. The Hall–Kier alpha value is -2.40. The zero-order chi connectivity index (χ0) is 21.0. The van der Waals surface area contributed by atoms with Crippen molar-refractivity contribution >= 4 is 23.4 Å². The van der Waals surface area contributed by atoms with Crippen LogP contribution in [0.25, 0.3) is 0 Å². The smallest absolute Gasteiger partial charge is 0.253 e. The Morgan fingerprint density at radius 1 is 1.03 bits per heavy atom. The standard InChI is InChI=1S/C23H26ClFN2O2/c1-15(2)21(16-5-9-20(25)10-6-16)26-22(28)17-11-13-27(14-12-17)23(29)18-3-7-19(24)8-4-18/h3-10,15,17,21H,11-14H2,1-2H3,(H,26,28). The Kier molecular flexibility index (Phi) is 6.91. The summed E-state index contributed by atoms with van der Waals surface area (Å²) in [7, 11) is 0. The summed E-state index contributed by atoms with van der Waals surface area (Å²) in [6, 6.07) is 12.9. The number of piperidine rings is 1. The molecule has 3 rings (SSSR count). The molecule has 0 aromatic heterocycles. The summed E-state index contributed by atoms with van der Waals surface area (Å²) in [4.78, 5) is 27.2. The zero-order valence-electron chi connectivity index (χ0n) is 16.7.